The van der Waals surface area contributed by atoms with Gasteiger partial charge in [-0.2, -0.15) is 0 Å². The molecule has 0 aliphatic heterocycles. The summed E-state index contributed by atoms with van der Waals surface area (Å²) in [5, 5.41) is 3.91. The first-order valence-electron chi connectivity index (χ1n) is 2.92. The van der Waals surface area contributed by atoms with Crippen molar-refractivity contribution in [2.45, 2.75) is 9.79 Å². The van der Waals surface area contributed by atoms with E-state index in [1.165, 1.54) is 11.5 Å². The third-order valence-corrected chi connectivity index (χ3v) is 3.29. The predicted molar refractivity (Wildman–Crippen MR) is 51.9 cm³/mol. The molecule has 2 aromatic rings. The number of benzene rings is 1. The van der Waals surface area contributed by atoms with Crippen LogP contribution in [-0.4, -0.2) is 9.59 Å². The fourth-order valence-corrected chi connectivity index (χ4v) is 2.01. The highest BCUT2D eigenvalue weighted by Crippen LogP contribution is 2.28. The molecule has 0 saturated heterocycles. The largest absolute Gasteiger partial charge is 0.142 e. The van der Waals surface area contributed by atoms with E-state index in [1.807, 2.05) is 12.1 Å². The van der Waals surface area contributed by atoms with Gasteiger partial charge in [0.15, 0.2) is 0 Å². The summed E-state index contributed by atoms with van der Waals surface area (Å²) in [5.41, 5.74) is 0.887. The van der Waals surface area contributed by atoms with Crippen LogP contribution in [0.5, 0.6) is 0 Å². The molecule has 1 aromatic heterocycles. The fourth-order valence-electron chi connectivity index (χ4n) is 0.824. The molecule has 0 saturated carbocycles. The molecule has 0 radical (unpaired) electrons. The van der Waals surface area contributed by atoms with Crippen LogP contribution in [0.2, 0.25) is 0 Å². The fraction of sp³-hybridized carbons (Fsp3) is 0. The van der Waals surface area contributed by atoms with Crippen LogP contribution in [0.25, 0.3) is 10.2 Å². The molecule has 0 atom stereocenters. The van der Waals surface area contributed by atoms with E-state index >= 15 is 0 Å². The molecule has 0 fully saturated rings. The van der Waals surface area contributed by atoms with Gasteiger partial charge >= 0.3 is 0 Å². The van der Waals surface area contributed by atoms with Crippen molar-refractivity contribution in [3.8, 4) is 0 Å². The van der Waals surface area contributed by atoms with Gasteiger partial charge in [0.25, 0.3) is 0 Å². The van der Waals surface area contributed by atoms with Crippen LogP contribution >= 0.6 is 36.8 Å². The van der Waals surface area contributed by atoms with E-state index < -0.39 is 0 Å². The van der Waals surface area contributed by atoms with Crippen LogP contribution in [0.15, 0.2) is 21.9 Å². The quantitative estimate of drug-likeness (QED) is 0.638. The average molecular weight is 200 g/mol. The zero-order valence-corrected chi connectivity index (χ0v) is 7.96. The van der Waals surface area contributed by atoms with E-state index in [1.54, 1.807) is 0 Å². The predicted octanol–water partition coefficient (Wildman–Crippen LogP) is 2.27. The second-order valence-corrected chi connectivity index (χ2v) is 3.74. The molecule has 2 nitrogen and oxygen atoms in total. The molecule has 0 aliphatic carbocycles. The number of hydrogen-bond donors (Lipinski definition) is 2. The Hall–Kier alpha value is -0.260. The van der Waals surface area contributed by atoms with Crippen molar-refractivity contribution < 1.29 is 0 Å². The van der Waals surface area contributed by atoms with Gasteiger partial charge in [0, 0.05) is 9.79 Å². The van der Waals surface area contributed by atoms with Gasteiger partial charge in [-0.1, -0.05) is 4.49 Å². The highest BCUT2D eigenvalue weighted by molar-refractivity contribution is 7.83. The van der Waals surface area contributed by atoms with E-state index in [9.17, 15) is 0 Å². The topological polar surface area (TPSA) is 25.8 Å². The number of aromatic nitrogens is 2. The summed E-state index contributed by atoms with van der Waals surface area (Å²) in [6.07, 6.45) is 0. The molecule has 11 heavy (non-hydrogen) atoms. The normalized spacial score (nSPS) is 10.7. The molecule has 0 aliphatic rings. The number of hydrogen-bond acceptors (Lipinski definition) is 5. The van der Waals surface area contributed by atoms with Gasteiger partial charge in [0.05, 0.1) is 4.70 Å². The van der Waals surface area contributed by atoms with Crippen LogP contribution in [0.1, 0.15) is 0 Å². The van der Waals surface area contributed by atoms with Crippen molar-refractivity contribution in [1.82, 2.24) is 9.59 Å². The van der Waals surface area contributed by atoms with Gasteiger partial charge < -0.3 is 0 Å². The van der Waals surface area contributed by atoms with E-state index in [-0.39, 0.29) is 0 Å². The van der Waals surface area contributed by atoms with Crippen LogP contribution in [0.4, 0.5) is 0 Å². The number of fused-ring (bicyclic) bond motifs is 1. The minimum atomic E-state index is 0.862. The van der Waals surface area contributed by atoms with Gasteiger partial charge in [0.1, 0.15) is 5.52 Å². The average Bonchev–Trinajstić information content (AvgIpc) is 2.45. The van der Waals surface area contributed by atoms with Crippen molar-refractivity contribution >= 4 is 47.0 Å². The molecule has 5 heteroatoms. The molecule has 1 aromatic carbocycles. The first-order valence-corrected chi connectivity index (χ1v) is 4.59. The van der Waals surface area contributed by atoms with Crippen LogP contribution in [0, 0.1) is 0 Å². The lowest BCUT2D eigenvalue weighted by Crippen LogP contribution is -1.72. The second-order valence-electron chi connectivity index (χ2n) is 2.05. The Kier molecular flexibility index (Phi) is 1.78. The summed E-state index contributed by atoms with van der Waals surface area (Å²) in [6.45, 7) is 0. The monoisotopic (exact) mass is 200 g/mol. The Morgan fingerprint density at radius 2 is 2.09 bits per heavy atom. The zero-order valence-electron chi connectivity index (χ0n) is 5.35. The van der Waals surface area contributed by atoms with Gasteiger partial charge in [-0.15, -0.1) is 30.4 Å². The molecule has 0 spiro atoms. The summed E-state index contributed by atoms with van der Waals surface area (Å²) in [7, 11) is 0. The third-order valence-electron chi connectivity index (χ3n) is 1.37. The Morgan fingerprint density at radius 1 is 1.27 bits per heavy atom. The highest BCUT2D eigenvalue weighted by Gasteiger charge is 2.03. The van der Waals surface area contributed by atoms with E-state index in [4.69, 9.17) is 0 Å². The van der Waals surface area contributed by atoms with Crippen LogP contribution in [0.3, 0.4) is 0 Å². The molecule has 0 bridgehead atoms. The Bertz CT molecular complexity index is 396. The van der Waals surface area contributed by atoms with Crippen molar-refractivity contribution in [1.29, 1.82) is 0 Å². The van der Waals surface area contributed by atoms with Gasteiger partial charge in [-0.05, 0) is 23.7 Å². The Labute approximate surface area is 78.6 Å². The minimum Gasteiger partial charge on any atom is -0.142 e. The maximum Gasteiger partial charge on any atom is 0.107 e. The van der Waals surface area contributed by atoms with Gasteiger partial charge in [-0.3, -0.25) is 0 Å². The van der Waals surface area contributed by atoms with Crippen LogP contribution < -0.4 is 0 Å². The summed E-state index contributed by atoms with van der Waals surface area (Å²) in [5.74, 6) is 0. The van der Waals surface area contributed by atoms with E-state index in [0.29, 0.717) is 0 Å². The maximum absolute atomic E-state index is 4.28. The summed E-state index contributed by atoms with van der Waals surface area (Å²) in [4.78, 5) is 1.73. The lowest BCUT2D eigenvalue weighted by molar-refractivity contribution is 1.19. The minimum absolute atomic E-state index is 0.862. The summed E-state index contributed by atoms with van der Waals surface area (Å²) in [6, 6.07) is 3.76. The van der Waals surface area contributed by atoms with Crippen molar-refractivity contribution in [3.63, 3.8) is 0 Å². The van der Waals surface area contributed by atoms with Crippen molar-refractivity contribution in [2.75, 3.05) is 0 Å². The summed E-state index contributed by atoms with van der Waals surface area (Å²) >= 11 is 9.85. The Morgan fingerprint density at radius 3 is 2.91 bits per heavy atom. The molecule has 0 unspecified atom stereocenters. The molecule has 1 heterocycles. The highest BCUT2D eigenvalue weighted by atomic mass is 32.1. The first kappa shape index (κ1) is 7.39. The second kappa shape index (κ2) is 2.66. The van der Waals surface area contributed by atoms with Crippen LogP contribution in [-0.2, 0) is 0 Å². The smallest absolute Gasteiger partial charge is 0.107 e. The van der Waals surface area contributed by atoms with Crippen molar-refractivity contribution in [2.24, 2.45) is 0 Å². The number of nitrogens with zero attached hydrogens (tertiary/aromatic N) is 2. The standard InChI is InChI=1S/C6H4N2S3/c9-4-2-1-3-6(5(4)10)11-8-7-3/h1-2,9-10H. The van der Waals surface area contributed by atoms with Gasteiger partial charge in [0.2, 0.25) is 0 Å². The van der Waals surface area contributed by atoms with Crippen molar-refractivity contribution in [3.05, 3.63) is 12.1 Å². The molecule has 2 rings (SSSR count). The molecular formula is C6H4N2S3. The summed E-state index contributed by atoms with van der Waals surface area (Å²) < 4.78 is 4.81. The lowest BCUT2D eigenvalue weighted by Gasteiger charge is -1.95. The maximum atomic E-state index is 4.28. The molecule has 56 valence electrons. The zero-order chi connectivity index (χ0) is 7.84. The molecule has 0 N–H and O–H groups in total. The van der Waals surface area contributed by atoms with Gasteiger partial charge in [-0.25, -0.2) is 0 Å². The lowest BCUT2D eigenvalue weighted by atomic mass is 10.3. The SMILES string of the molecule is Sc1ccc2nnsc2c1S. The third kappa shape index (κ3) is 1.13. The van der Waals surface area contributed by atoms with E-state index in [0.717, 1.165) is 20.0 Å². The Balaban J connectivity index is 2.93. The molecular weight excluding hydrogens is 196 g/mol. The number of thiol groups is 2. The number of rotatable bonds is 0. The first-order chi connectivity index (χ1) is 5.29. The molecule has 0 amide bonds. The van der Waals surface area contributed by atoms with E-state index in [2.05, 4.69) is 34.8 Å².